The summed E-state index contributed by atoms with van der Waals surface area (Å²) in [6, 6.07) is 5.33. The molecule has 0 saturated carbocycles. The summed E-state index contributed by atoms with van der Waals surface area (Å²) in [6.45, 7) is 3.81. The van der Waals surface area contributed by atoms with Gasteiger partial charge in [-0.2, -0.15) is 0 Å². The molecule has 0 amide bonds. The van der Waals surface area contributed by atoms with Gasteiger partial charge in [-0.1, -0.05) is 12.1 Å². The van der Waals surface area contributed by atoms with E-state index in [0.29, 0.717) is 17.7 Å². The first kappa shape index (κ1) is 13.4. The van der Waals surface area contributed by atoms with E-state index in [-0.39, 0.29) is 23.3 Å². The first-order valence-corrected chi connectivity index (χ1v) is 5.67. The molecule has 0 radical (unpaired) electrons. The van der Waals surface area contributed by atoms with E-state index < -0.39 is 0 Å². The number of aliphatic hydroxyl groups excluding tert-OH is 1. The van der Waals surface area contributed by atoms with Crippen molar-refractivity contribution in [1.29, 1.82) is 0 Å². The highest BCUT2D eigenvalue weighted by atomic mass is 16.6. The molecule has 1 atom stereocenters. The lowest BCUT2D eigenvalue weighted by molar-refractivity contribution is -0.384. The van der Waals surface area contributed by atoms with Crippen molar-refractivity contribution >= 4 is 11.4 Å². The number of hydrogen-bond acceptors (Lipinski definition) is 4. The van der Waals surface area contributed by atoms with Gasteiger partial charge < -0.3 is 10.4 Å². The van der Waals surface area contributed by atoms with Crippen LogP contribution in [0.25, 0.3) is 0 Å². The number of hydrogen-bond donors (Lipinski definition) is 2. The molecular formula is C12H18N2O3. The molecule has 0 heterocycles. The quantitative estimate of drug-likeness (QED) is 0.589. The average molecular weight is 238 g/mol. The van der Waals surface area contributed by atoms with Crippen LogP contribution in [0, 0.1) is 17.0 Å². The number of nitro benzene ring substituents is 1. The van der Waals surface area contributed by atoms with Crippen LogP contribution in [0.1, 0.15) is 25.3 Å². The number of anilines is 1. The first-order chi connectivity index (χ1) is 8.06. The summed E-state index contributed by atoms with van der Waals surface area (Å²) < 4.78 is 0. The number of nitrogens with zero attached hydrogens (tertiary/aromatic N) is 1. The summed E-state index contributed by atoms with van der Waals surface area (Å²) in [5, 5.41) is 22.8. The van der Waals surface area contributed by atoms with Gasteiger partial charge in [-0.05, 0) is 32.8 Å². The molecule has 0 aliphatic rings. The average Bonchev–Trinajstić information content (AvgIpc) is 2.25. The maximum atomic E-state index is 11.0. The standard InChI is InChI=1S/C12H18N2O3/c1-9-5-3-7-11(12(9)14(16)17)13-10(2)6-4-8-15/h3,5,7,10,13,15H,4,6,8H2,1-2H3. The van der Waals surface area contributed by atoms with Gasteiger partial charge in [0.05, 0.1) is 4.92 Å². The van der Waals surface area contributed by atoms with E-state index in [9.17, 15) is 10.1 Å². The van der Waals surface area contributed by atoms with E-state index in [0.717, 1.165) is 6.42 Å². The Morgan fingerprint density at radius 2 is 2.24 bits per heavy atom. The van der Waals surface area contributed by atoms with Crippen molar-refractivity contribution in [2.45, 2.75) is 32.7 Å². The molecule has 5 nitrogen and oxygen atoms in total. The Morgan fingerprint density at radius 3 is 2.82 bits per heavy atom. The Balaban J connectivity index is 2.83. The predicted molar refractivity (Wildman–Crippen MR) is 67.2 cm³/mol. The van der Waals surface area contributed by atoms with Gasteiger partial charge in [0.1, 0.15) is 5.69 Å². The summed E-state index contributed by atoms with van der Waals surface area (Å²) in [6.07, 6.45) is 1.47. The topological polar surface area (TPSA) is 75.4 Å². The van der Waals surface area contributed by atoms with Crippen molar-refractivity contribution in [2.75, 3.05) is 11.9 Å². The first-order valence-electron chi connectivity index (χ1n) is 5.67. The Morgan fingerprint density at radius 1 is 1.53 bits per heavy atom. The van der Waals surface area contributed by atoms with E-state index >= 15 is 0 Å². The minimum Gasteiger partial charge on any atom is -0.396 e. The second-order valence-electron chi connectivity index (χ2n) is 4.14. The normalized spacial score (nSPS) is 12.2. The van der Waals surface area contributed by atoms with E-state index in [1.165, 1.54) is 0 Å². The fraction of sp³-hybridized carbons (Fsp3) is 0.500. The SMILES string of the molecule is Cc1cccc(NC(C)CCCO)c1[N+](=O)[O-]. The lowest BCUT2D eigenvalue weighted by Crippen LogP contribution is -2.16. The molecule has 5 heteroatoms. The number of nitro groups is 1. The third kappa shape index (κ3) is 3.71. The van der Waals surface area contributed by atoms with Crippen molar-refractivity contribution in [2.24, 2.45) is 0 Å². The molecule has 1 aromatic rings. The molecule has 17 heavy (non-hydrogen) atoms. The van der Waals surface area contributed by atoms with E-state index in [2.05, 4.69) is 5.32 Å². The van der Waals surface area contributed by atoms with Crippen LogP contribution in [0.3, 0.4) is 0 Å². The van der Waals surface area contributed by atoms with Gasteiger partial charge in [0, 0.05) is 18.2 Å². The molecule has 0 fully saturated rings. The maximum absolute atomic E-state index is 11.0. The van der Waals surface area contributed by atoms with Crippen LogP contribution in [-0.2, 0) is 0 Å². The van der Waals surface area contributed by atoms with Crippen LogP contribution in [0.2, 0.25) is 0 Å². The third-order valence-electron chi connectivity index (χ3n) is 2.62. The number of benzene rings is 1. The van der Waals surface area contributed by atoms with Crippen molar-refractivity contribution in [3.05, 3.63) is 33.9 Å². The molecule has 0 saturated heterocycles. The van der Waals surface area contributed by atoms with Gasteiger partial charge in [-0.3, -0.25) is 10.1 Å². The molecule has 94 valence electrons. The van der Waals surface area contributed by atoms with Crippen LogP contribution >= 0.6 is 0 Å². The van der Waals surface area contributed by atoms with E-state index in [1.807, 2.05) is 6.92 Å². The van der Waals surface area contributed by atoms with Gasteiger partial charge in [0.2, 0.25) is 0 Å². The smallest absolute Gasteiger partial charge is 0.295 e. The second-order valence-corrected chi connectivity index (χ2v) is 4.14. The zero-order valence-electron chi connectivity index (χ0n) is 10.1. The monoisotopic (exact) mass is 238 g/mol. The van der Waals surface area contributed by atoms with Gasteiger partial charge in [-0.15, -0.1) is 0 Å². The number of aliphatic hydroxyl groups is 1. The summed E-state index contributed by atoms with van der Waals surface area (Å²) in [5.74, 6) is 0. The number of aryl methyl sites for hydroxylation is 1. The van der Waals surface area contributed by atoms with Crippen LogP contribution in [0.4, 0.5) is 11.4 Å². The zero-order chi connectivity index (χ0) is 12.8. The summed E-state index contributed by atoms with van der Waals surface area (Å²) in [7, 11) is 0. The minimum atomic E-state index is -0.365. The Labute approximate surface area is 101 Å². The highest BCUT2D eigenvalue weighted by Gasteiger charge is 2.17. The maximum Gasteiger partial charge on any atom is 0.295 e. The highest BCUT2D eigenvalue weighted by molar-refractivity contribution is 5.65. The zero-order valence-corrected chi connectivity index (χ0v) is 10.1. The number of para-hydroxylation sites is 1. The van der Waals surface area contributed by atoms with Crippen LogP contribution < -0.4 is 5.32 Å². The van der Waals surface area contributed by atoms with Crippen LogP contribution in [-0.4, -0.2) is 22.7 Å². The molecule has 0 aliphatic carbocycles. The van der Waals surface area contributed by atoms with Crippen molar-refractivity contribution in [1.82, 2.24) is 0 Å². The summed E-state index contributed by atoms with van der Waals surface area (Å²) in [4.78, 5) is 10.6. The minimum absolute atomic E-state index is 0.0997. The third-order valence-corrected chi connectivity index (χ3v) is 2.62. The Hall–Kier alpha value is -1.62. The van der Waals surface area contributed by atoms with E-state index in [4.69, 9.17) is 5.11 Å². The van der Waals surface area contributed by atoms with Crippen molar-refractivity contribution < 1.29 is 10.0 Å². The molecule has 1 rings (SSSR count). The van der Waals surface area contributed by atoms with Gasteiger partial charge >= 0.3 is 0 Å². The Kier molecular flexibility index (Phi) is 4.90. The molecular weight excluding hydrogens is 220 g/mol. The molecule has 0 aromatic heterocycles. The summed E-state index contributed by atoms with van der Waals surface area (Å²) in [5.41, 5.74) is 1.32. The molecule has 1 unspecified atom stereocenters. The molecule has 0 aliphatic heterocycles. The van der Waals surface area contributed by atoms with E-state index in [1.54, 1.807) is 25.1 Å². The van der Waals surface area contributed by atoms with Gasteiger partial charge in [0.25, 0.3) is 5.69 Å². The number of rotatable bonds is 6. The van der Waals surface area contributed by atoms with Gasteiger partial charge in [0.15, 0.2) is 0 Å². The fourth-order valence-corrected chi connectivity index (χ4v) is 1.75. The molecule has 0 bridgehead atoms. The summed E-state index contributed by atoms with van der Waals surface area (Å²) >= 11 is 0. The van der Waals surface area contributed by atoms with Crippen LogP contribution in [0.5, 0.6) is 0 Å². The lowest BCUT2D eigenvalue weighted by Gasteiger charge is -2.15. The largest absolute Gasteiger partial charge is 0.396 e. The lowest BCUT2D eigenvalue weighted by atomic mass is 10.1. The predicted octanol–water partition coefficient (Wildman–Crippen LogP) is 2.48. The van der Waals surface area contributed by atoms with Crippen molar-refractivity contribution in [3.8, 4) is 0 Å². The highest BCUT2D eigenvalue weighted by Crippen LogP contribution is 2.28. The molecule has 2 N–H and O–H groups in total. The van der Waals surface area contributed by atoms with Gasteiger partial charge in [-0.25, -0.2) is 0 Å². The molecule has 1 aromatic carbocycles. The molecule has 0 spiro atoms. The number of nitrogens with one attached hydrogen (secondary N) is 1. The Bertz CT molecular complexity index is 393. The van der Waals surface area contributed by atoms with Crippen molar-refractivity contribution in [3.63, 3.8) is 0 Å². The van der Waals surface area contributed by atoms with Crippen LogP contribution in [0.15, 0.2) is 18.2 Å². The fourth-order valence-electron chi connectivity index (χ4n) is 1.75. The second kappa shape index (κ2) is 6.20.